The topological polar surface area (TPSA) is 67.9 Å². The van der Waals surface area contributed by atoms with Crippen molar-refractivity contribution in [2.24, 2.45) is 0 Å². The number of ether oxygens (including phenoxy) is 2. The van der Waals surface area contributed by atoms with Crippen LogP contribution >= 0.6 is 0 Å². The van der Waals surface area contributed by atoms with Gasteiger partial charge in [0.15, 0.2) is 12.4 Å². The lowest BCUT2D eigenvalue weighted by atomic mass is 10.1. The van der Waals surface area contributed by atoms with E-state index in [1.54, 1.807) is 24.3 Å². The van der Waals surface area contributed by atoms with E-state index >= 15 is 0 Å². The van der Waals surface area contributed by atoms with Crippen LogP contribution in [0.3, 0.4) is 0 Å². The Labute approximate surface area is 149 Å². The Balaban J connectivity index is 1.66. The number of benzene rings is 1. The molecule has 1 aromatic carbocycles. The number of nitrogens with zero attached hydrogens (tertiary/aromatic N) is 1. The first-order chi connectivity index (χ1) is 12.0. The SMILES string of the molecule is CCC(=O)c1ccc(OCC(=O)NCCN2CC(C)OC(C)C2)cc1. The fraction of sp³-hybridized carbons (Fsp3) is 0.579. The molecule has 1 N–H and O–H groups in total. The van der Waals surface area contributed by atoms with Crippen LogP contribution < -0.4 is 10.1 Å². The van der Waals surface area contributed by atoms with Gasteiger partial charge in [-0.05, 0) is 38.1 Å². The maximum Gasteiger partial charge on any atom is 0.257 e. The monoisotopic (exact) mass is 348 g/mol. The molecule has 0 saturated carbocycles. The third kappa shape index (κ3) is 6.48. The summed E-state index contributed by atoms with van der Waals surface area (Å²) in [6.45, 7) is 9.09. The van der Waals surface area contributed by atoms with E-state index in [-0.39, 0.29) is 30.5 Å². The van der Waals surface area contributed by atoms with Crippen LogP contribution in [0.5, 0.6) is 5.75 Å². The molecule has 2 unspecified atom stereocenters. The highest BCUT2D eigenvalue weighted by Gasteiger charge is 2.21. The summed E-state index contributed by atoms with van der Waals surface area (Å²) < 4.78 is 11.1. The van der Waals surface area contributed by atoms with Gasteiger partial charge in [0.25, 0.3) is 5.91 Å². The molecule has 1 saturated heterocycles. The summed E-state index contributed by atoms with van der Waals surface area (Å²) in [6, 6.07) is 6.87. The Morgan fingerprint density at radius 3 is 2.44 bits per heavy atom. The summed E-state index contributed by atoms with van der Waals surface area (Å²) in [5.41, 5.74) is 0.660. The van der Waals surface area contributed by atoms with Crippen LogP contribution in [0, 0.1) is 0 Å². The molecule has 1 heterocycles. The number of ketones is 1. The van der Waals surface area contributed by atoms with E-state index in [0.717, 1.165) is 19.6 Å². The van der Waals surface area contributed by atoms with Crippen molar-refractivity contribution in [2.45, 2.75) is 39.4 Å². The molecule has 6 heteroatoms. The van der Waals surface area contributed by atoms with E-state index in [0.29, 0.717) is 24.3 Å². The van der Waals surface area contributed by atoms with Gasteiger partial charge in [-0.25, -0.2) is 0 Å². The normalized spacial score (nSPS) is 20.9. The van der Waals surface area contributed by atoms with Crippen LogP contribution in [-0.2, 0) is 9.53 Å². The largest absolute Gasteiger partial charge is 0.484 e. The predicted molar refractivity (Wildman–Crippen MR) is 96.0 cm³/mol. The van der Waals surface area contributed by atoms with E-state index in [1.165, 1.54) is 0 Å². The van der Waals surface area contributed by atoms with E-state index in [4.69, 9.17) is 9.47 Å². The number of hydrogen-bond donors (Lipinski definition) is 1. The number of carbonyl (C=O) groups is 2. The van der Waals surface area contributed by atoms with Crippen molar-refractivity contribution < 1.29 is 19.1 Å². The third-order valence-electron chi connectivity index (χ3n) is 4.11. The first-order valence-electron chi connectivity index (χ1n) is 8.88. The maximum atomic E-state index is 11.9. The summed E-state index contributed by atoms with van der Waals surface area (Å²) in [5, 5.41) is 2.87. The van der Waals surface area contributed by atoms with Gasteiger partial charge in [-0.3, -0.25) is 14.5 Å². The number of Topliss-reactive ketones (excluding diaryl/α,β-unsaturated/α-hetero) is 1. The molecule has 0 aliphatic carbocycles. The first-order valence-corrected chi connectivity index (χ1v) is 8.88. The van der Waals surface area contributed by atoms with Gasteiger partial charge >= 0.3 is 0 Å². The quantitative estimate of drug-likeness (QED) is 0.727. The smallest absolute Gasteiger partial charge is 0.257 e. The van der Waals surface area contributed by atoms with Gasteiger partial charge in [-0.2, -0.15) is 0 Å². The van der Waals surface area contributed by atoms with Crippen molar-refractivity contribution in [3.8, 4) is 5.75 Å². The van der Waals surface area contributed by atoms with E-state index in [9.17, 15) is 9.59 Å². The second-order valence-corrected chi connectivity index (χ2v) is 6.46. The highest BCUT2D eigenvalue weighted by atomic mass is 16.5. The van der Waals surface area contributed by atoms with Crippen LogP contribution in [0.4, 0.5) is 0 Å². The number of carbonyl (C=O) groups excluding carboxylic acids is 2. The van der Waals surface area contributed by atoms with Gasteiger partial charge in [0.1, 0.15) is 5.75 Å². The van der Waals surface area contributed by atoms with Gasteiger partial charge in [0, 0.05) is 38.2 Å². The number of rotatable bonds is 8. The molecule has 2 rings (SSSR count). The van der Waals surface area contributed by atoms with Crippen molar-refractivity contribution in [1.29, 1.82) is 0 Å². The molecule has 1 amide bonds. The first kappa shape index (κ1) is 19.4. The molecule has 1 aliphatic rings. The Morgan fingerprint density at radius 1 is 1.20 bits per heavy atom. The average molecular weight is 348 g/mol. The molecule has 6 nitrogen and oxygen atoms in total. The molecular formula is C19H28N2O4. The van der Waals surface area contributed by atoms with Crippen molar-refractivity contribution in [2.75, 3.05) is 32.8 Å². The number of amides is 1. The van der Waals surface area contributed by atoms with E-state index < -0.39 is 0 Å². The zero-order chi connectivity index (χ0) is 18.2. The zero-order valence-electron chi connectivity index (χ0n) is 15.3. The van der Waals surface area contributed by atoms with Gasteiger partial charge in [-0.1, -0.05) is 6.92 Å². The third-order valence-corrected chi connectivity index (χ3v) is 4.11. The summed E-state index contributed by atoms with van der Waals surface area (Å²) in [5.74, 6) is 0.526. The minimum absolute atomic E-state index is 0.0308. The molecule has 1 aromatic rings. The second-order valence-electron chi connectivity index (χ2n) is 6.46. The van der Waals surface area contributed by atoms with Gasteiger partial charge in [0.05, 0.1) is 12.2 Å². The summed E-state index contributed by atoms with van der Waals surface area (Å²) >= 11 is 0. The maximum absolute atomic E-state index is 11.9. The molecule has 2 atom stereocenters. The summed E-state index contributed by atoms with van der Waals surface area (Å²) in [7, 11) is 0. The molecule has 1 aliphatic heterocycles. The lowest BCUT2D eigenvalue weighted by molar-refractivity contribution is -0.123. The molecule has 0 spiro atoms. The van der Waals surface area contributed by atoms with Crippen molar-refractivity contribution in [3.63, 3.8) is 0 Å². The molecule has 138 valence electrons. The fourth-order valence-corrected chi connectivity index (χ4v) is 2.96. The molecule has 1 fully saturated rings. The lowest BCUT2D eigenvalue weighted by Crippen LogP contribution is -2.48. The minimum atomic E-state index is -0.150. The van der Waals surface area contributed by atoms with Crippen molar-refractivity contribution in [3.05, 3.63) is 29.8 Å². The molecule has 0 radical (unpaired) electrons. The van der Waals surface area contributed by atoms with Gasteiger partial charge < -0.3 is 14.8 Å². The van der Waals surface area contributed by atoms with Crippen LogP contribution in [0.2, 0.25) is 0 Å². The number of morpholine rings is 1. The van der Waals surface area contributed by atoms with Crippen LogP contribution in [0.25, 0.3) is 0 Å². The Morgan fingerprint density at radius 2 is 1.84 bits per heavy atom. The van der Waals surface area contributed by atoms with E-state index in [1.807, 2.05) is 6.92 Å². The lowest BCUT2D eigenvalue weighted by Gasteiger charge is -2.35. The summed E-state index contributed by atoms with van der Waals surface area (Å²) in [6.07, 6.45) is 0.930. The molecule has 0 aromatic heterocycles. The highest BCUT2D eigenvalue weighted by Crippen LogP contribution is 2.13. The Bertz CT molecular complexity index is 563. The molecule has 0 bridgehead atoms. The highest BCUT2D eigenvalue weighted by molar-refractivity contribution is 5.95. The van der Waals surface area contributed by atoms with Gasteiger partial charge in [0.2, 0.25) is 0 Å². The number of hydrogen-bond acceptors (Lipinski definition) is 5. The zero-order valence-corrected chi connectivity index (χ0v) is 15.3. The van der Waals surface area contributed by atoms with Crippen LogP contribution in [0.1, 0.15) is 37.6 Å². The predicted octanol–water partition coefficient (Wildman–Crippen LogP) is 1.88. The van der Waals surface area contributed by atoms with Crippen LogP contribution in [0.15, 0.2) is 24.3 Å². The Hall–Kier alpha value is -1.92. The molecular weight excluding hydrogens is 320 g/mol. The standard InChI is InChI=1S/C19H28N2O4/c1-4-18(22)16-5-7-17(8-6-16)24-13-19(23)20-9-10-21-11-14(2)25-15(3)12-21/h5-8,14-15H,4,9-13H2,1-3H3,(H,20,23). The van der Waals surface area contributed by atoms with Crippen molar-refractivity contribution >= 4 is 11.7 Å². The van der Waals surface area contributed by atoms with Crippen LogP contribution in [-0.4, -0.2) is 61.6 Å². The second kappa shape index (κ2) is 9.53. The van der Waals surface area contributed by atoms with Crippen molar-refractivity contribution in [1.82, 2.24) is 10.2 Å². The molecule has 25 heavy (non-hydrogen) atoms. The summed E-state index contributed by atoms with van der Waals surface area (Å²) in [4.78, 5) is 25.7. The van der Waals surface area contributed by atoms with Gasteiger partial charge in [-0.15, -0.1) is 0 Å². The Kier molecular flexibility index (Phi) is 7.40. The average Bonchev–Trinajstić information content (AvgIpc) is 2.59. The van der Waals surface area contributed by atoms with E-state index in [2.05, 4.69) is 24.1 Å². The number of nitrogens with one attached hydrogen (secondary N) is 1. The fourth-order valence-electron chi connectivity index (χ4n) is 2.96. The minimum Gasteiger partial charge on any atom is -0.484 e.